The van der Waals surface area contributed by atoms with Gasteiger partial charge < -0.3 is 10.1 Å². The average molecular weight is 412 g/mol. The number of thiazole rings is 2. The Bertz CT molecular complexity index is 1120. The Morgan fingerprint density at radius 2 is 2.14 bits per heavy atom. The molecule has 3 heterocycles. The summed E-state index contributed by atoms with van der Waals surface area (Å²) < 4.78 is 6.20. The fourth-order valence-corrected chi connectivity index (χ4v) is 4.36. The summed E-state index contributed by atoms with van der Waals surface area (Å²) in [6, 6.07) is 7.69. The second-order valence-electron chi connectivity index (χ2n) is 5.82. The minimum Gasteiger partial charge on any atom is -0.473 e. The SMILES string of the molecule is CCNC(=O)Nc1nc2cc(-c3cccnc3)cc(-c3csc(OC)n3)c2s1. The van der Waals surface area contributed by atoms with E-state index >= 15 is 0 Å². The maximum Gasteiger partial charge on any atom is 0.321 e. The van der Waals surface area contributed by atoms with Gasteiger partial charge in [0.15, 0.2) is 5.13 Å². The molecule has 3 aromatic heterocycles. The lowest BCUT2D eigenvalue weighted by Crippen LogP contribution is -2.28. The van der Waals surface area contributed by atoms with E-state index in [0.29, 0.717) is 16.9 Å². The predicted molar refractivity (Wildman–Crippen MR) is 113 cm³/mol. The number of aromatic nitrogens is 3. The summed E-state index contributed by atoms with van der Waals surface area (Å²) in [5.41, 5.74) is 4.51. The summed E-state index contributed by atoms with van der Waals surface area (Å²) in [6.07, 6.45) is 3.55. The highest BCUT2D eigenvalue weighted by atomic mass is 32.1. The molecule has 4 rings (SSSR count). The van der Waals surface area contributed by atoms with Gasteiger partial charge in [-0.25, -0.2) is 14.8 Å². The molecular weight excluding hydrogens is 394 g/mol. The number of hydrogen-bond acceptors (Lipinski definition) is 7. The van der Waals surface area contributed by atoms with Crippen LogP contribution in [0.15, 0.2) is 42.0 Å². The van der Waals surface area contributed by atoms with Crippen molar-refractivity contribution in [3.8, 4) is 27.6 Å². The molecule has 7 nitrogen and oxygen atoms in total. The Morgan fingerprint density at radius 1 is 1.25 bits per heavy atom. The summed E-state index contributed by atoms with van der Waals surface area (Å²) in [5, 5.41) is 8.59. The van der Waals surface area contributed by atoms with Crippen LogP contribution in [0.4, 0.5) is 9.93 Å². The molecule has 0 bridgehead atoms. The number of urea groups is 1. The van der Waals surface area contributed by atoms with Crippen molar-refractivity contribution in [2.24, 2.45) is 0 Å². The zero-order valence-corrected chi connectivity index (χ0v) is 16.9. The molecule has 28 heavy (non-hydrogen) atoms. The fraction of sp³-hybridized carbons (Fsp3) is 0.158. The van der Waals surface area contributed by atoms with Crippen molar-refractivity contribution in [3.63, 3.8) is 0 Å². The zero-order chi connectivity index (χ0) is 19.5. The van der Waals surface area contributed by atoms with Crippen molar-refractivity contribution in [1.29, 1.82) is 0 Å². The number of ether oxygens (including phenoxy) is 1. The van der Waals surface area contributed by atoms with Crippen LogP contribution in [0.1, 0.15) is 6.92 Å². The summed E-state index contributed by atoms with van der Waals surface area (Å²) in [4.78, 5) is 25.2. The van der Waals surface area contributed by atoms with E-state index in [1.807, 2.05) is 36.7 Å². The molecule has 0 aliphatic rings. The van der Waals surface area contributed by atoms with Crippen molar-refractivity contribution in [2.75, 3.05) is 19.0 Å². The lowest BCUT2D eigenvalue weighted by atomic mass is 10.0. The first kappa shape index (κ1) is 18.3. The Labute approximate surface area is 169 Å². The van der Waals surface area contributed by atoms with E-state index in [1.165, 1.54) is 22.7 Å². The van der Waals surface area contributed by atoms with Gasteiger partial charge >= 0.3 is 6.03 Å². The summed E-state index contributed by atoms with van der Waals surface area (Å²) in [6.45, 7) is 2.41. The molecule has 0 radical (unpaired) electrons. The zero-order valence-electron chi connectivity index (χ0n) is 15.2. The molecule has 4 aromatic rings. The van der Waals surface area contributed by atoms with E-state index in [2.05, 4.69) is 31.7 Å². The molecule has 0 saturated heterocycles. The van der Waals surface area contributed by atoms with E-state index in [4.69, 9.17) is 4.74 Å². The highest BCUT2D eigenvalue weighted by molar-refractivity contribution is 7.23. The topological polar surface area (TPSA) is 89.0 Å². The largest absolute Gasteiger partial charge is 0.473 e. The van der Waals surface area contributed by atoms with Gasteiger partial charge in [-0.3, -0.25) is 10.3 Å². The third-order valence-electron chi connectivity index (χ3n) is 3.98. The lowest BCUT2D eigenvalue weighted by molar-refractivity contribution is 0.252. The number of nitrogens with zero attached hydrogens (tertiary/aromatic N) is 3. The van der Waals surface area contributed by atoms with E-state index in [0.717, 1.165) is 32.6 Å². The molecule has 2 N–H and O–H groups in total. The van der Waals surface area contributed by atoms with Crippen molar-refractivity contribution >= 4 is 44.1 Å². The Morgan fingerprint density at radius 3 is 2.86 bits per heavy atom. The van der Waals surface area contributed by atoms with Crippen LogP contribution in [0.25, 0.3) is 32.6 Å². The van der Waals surface area contributed by atoms with Gasteiger partial charge in [-0.05, 0) is 30.7 Å². The number of amides is 2. The smallest absolute Gasteiger partial charge is 0.321 e. The van der Waals surface area contributed by atoms with Crippen LogP contribution in [-0.2, 0) is 0 Å². The van der Waals surface area contributed by atoms with Crippen LogP contribution in [0.2, 0.25) is 0 Å². The van der Waals surface area contributed by atoms with Crippen LogP contribution in [0.5, 0.6) is 5.19 Å². The Kier molecular flexibility index (Phi) is 5.18. The fourth-order valence-electron chi connectivity index (χ4n) is 2.75. The van der Waals surface area contributed by atoms with E-state index in [9.17, 15) is 4.79 Å². The molecule has 0 spiro atoms. The average Bonchev–Trinajstić information content (AvgIpc) is 3.34. The molecule has 0 fully saturated rings. The highest BCUT2D eigenvalue weighted by Crippen LogP contribution is 2.39. The van der Waals surface area contributed by atoms with Crippen LogP contribution < -0.4 is 15.4 Å². The number of carbonyl (C=O) groups is 1. The van der Waals surface area contributed by atoms with Gasteiger partial charge in [0.2, 0.25) is 0 Å². The molecule has 1 aromatic carbocycles. The molecule has 2 amide bonds. The molecular formula is C19H17N5O2S2. The molecule has 0 aliphatic carbocycles. The summed E-state index contributed by atoms with van der Waals surface area (Å²) in [5.74, 6) is 0. The van der Waals surface area contributed by atoms with Crippen LogP contribution in [0.3, 0.4) is 0 Å². The molecule has 142 valence electrons. The van der Waals surface area contributed by atoms with E-state index in [1.54, 1.807) is 13.3 Å². The second kappa shape index (κ2) is 7.91. The van der Waals surface area contributed by atoms with Gasteiger partial charge in [0.1, 0.15) is 0 Å². The van der Waals surface area contributed by atoms with Crippen molar-refractivity contribution in [1.82, 2.24) is 20.3 Å². The molecule has 0 unspecified atom stereocenters. The van der Waals surface area contributed by atoms with Gasteiger partial charge in [0, 0.05) is 35.4 Å². The number of benzene rings is 1. The van der Waals surface area contributed by atoms with Gasteiger partial charge in [-0.2, -0.15) is 0 Å². The summed E-state index contributed by atoms with van der Waals surface area (Å²) in [7, 11) is 1.60. The van der Waals surface area contributed by atoms with Crippen molar-refractivity contribution in [3.05, 3.63) is 42.0 Å². The number of methoxy groups -OCH3 is 1. The Hall–Kier alpha value is -3.04. The van der Waals surface area contributed by atoms with Gasteiger partial charge in [0.05, 0.1) is 23.0 Å². The monoisotopic (exact) mass is 411 g/mol. The number of fused-ring (bicyclic) bond motifs is 1. The maximum atomic E-state index is 11.9. The number of hydrogen-bond donors (Lipinski definition) is 2. The minimum absolute atomic E-state index is 0.272. The van der Waals surface area contributed by atoms with Gasteiger partial charge in [-0.15, -0.1) is 0 Å². The first-order chi connectivity index (χ1) is 13.7. The molecule has 0 atom stereocenters. The van der Waals surface area contributed by atoms with Crippen LogP contribution in [-0.4, -0.2) is 34.6 Å². The molecule has 9 heteroatoms. The van der Waals surface area contributed by atoms with Gasteiger partial charge in [-0.1, -0.05) is 28.7 Å². The molecule has 0 saturated carbocycles. The highest BCUT2D eigenvalue weighted by Gasteiger charge is 2.16. The second-order valence-corrected chi connectivity index (χ2v) is 7.64. The third-order valence-corrected chi connectivity index (χ3v) is 5.80. The number of pyridine rings is 1. The number of anilines is 1. The third kappa shape index (κ3) is 3.67. The van der Waals surface area contributed by atoms with Crippen LogP contribution in [0, 0.1) is 0 Å². The van der Waals surface area contributed by atoms with Crippen molar-refractivity contribution in [2.45, 2.75) is 6.92 Å². The number of rotatable bonds is 5. The predicted octanol–water partition coefficient (Wildman–Crippen LogP) is 4.63. The Balaban J connectivity index is 1.85. The normalized spacial score (nSPS) is 10.8. The van der Waals surface area contributed by atoms with Crippen molar-refractivity contribution < 1.29 is 9.53 Å². The molecule has 0 aliphatic heterocycles. The maximum absolute atomic E-state index is 11.9. The van der Waals surface area contributed by atoms with E-state index < -0.39 is 0 Å². The lowest BCUT2D eigenvalue weighted by Gasteiger charge is -2.05. The first-order valence-corrected chi connectivity index (χ1v) is 10.3. The van der Waals surface area contributed by atoms with E-state index in [-0.39, 0.29) is 6.03 Å². The van der Waals surface area contributed by atoms with Crippen LogP contribution >= 0.6 is 22.7 Å². The summed E-state index contributed by atoms with van der Waals surface area (Å²) >= 11 is 2.86. The number of carbonyl (C=O) groups excluding carboxylic acids is 1. The number of nitrogens with one attached hydrogen (secondary N) is 2. The van der Waals surface area contributed by atoms with Gasteiger partial charge in [0.25, 0.3) is 5.19 Å². The minimum atomic E-state index is -0.272. The standard InChI is InChI=1S/C19H17N5O2S2/c1-3-21-17(25)24-18-22-14-8-12(11-5-4-6-20-9-11)7-13(16(14)28-18)15-10-27-19(23-15)26-2/h4-10H,3H2,1-2H3,(H2,21,22,24,25). The first-order valence-electron chi connectivity index (χ1n) is 8.57. The quantitative estimate of drug-likeness (QED) is 0.500.